The van der Waals surface area contributed by atoms with Gasteiger partial charge in [0.15, 0.2) is 0 Å². The fourth-order valence-corrected chi connectivity index (χ4v) is 3.21. The zero-order chi connectivity index (χ0) is 19.9. The number of benzene rings is 2. The van der Waals surface area contributed by atoms with Crippen LogP contribution in [0.1, 0.15) is 36.7 Å². The topological polar surface area (TPSA) is 59.1 Å². The maximum Gasteiger partial charge on any atom is 0.136 e. The maximum atomic E-state index is 5.42. The first kappa shape index (κ1) is 19.7. The molecule has 5 heteroatoms. The van der Waals surface area contributed by atoms with Crippen molar-refractivity contribution < 1.29 is 4.74 Å². The lowest BCUT2D eigenvalue weighted by Gasteiger charge is -2.15. The van der Waals surface area contributed by atoms with Crippen LogP contribution in [0.15, 0.2) is 54.6 Å². The molecule has 146 valence electrons. The van der Waals surface area contributed by atoms with E-state index in [9.17, 15) is 0 Å². The number of aromatic nitrogens is 2. The fourth-order valence-electron chi connectivity index (χ4n) is 3.21. The fraction of sp³-hybridized carbons (Fsp3) is 0.304. The monoisotopic (exact) mass is 376 g/mol. The third-order valence-corrected chi connectivity index (χ3v) is 4.58. The molecule has 0 atom stereocenters. The molecule has 28 heavy (non-hydrogen) atoms. The zero-order valence-electron chi connectivity index (χ0n) is 17.0. The molecule has 0 spiro atoms. The molecule has 2 N–H and O–H groups in total. The van der Waals surface area contributed by atoms with E-state index in [1.54, 1.807) is 7.11 Å². The van der Waals surface area contributed by atoms with E-state index in [2.05, 4.69) is 58.7 Å². The standard InChI is InChI=1S/C23H28N4O/c1-16(2)19-10-6-7-11-20(19)27-23-15-22(25-17(3)26-23)24-14-13-18-9-5-8-12-21(18)28-4/h5-12,15-16H,13-14H2,1-4H3,(H2,24,25,26,27). The third kappa shape index (κ3) is 5.00. The maximum absolute atomic E-state index is 5.42. The van der Waals surface area contributed by atoms with Crippen molar-refractivity contribution in [1.29, 1.82) is 0 Å². The van der Waals surface area contributed by atoms with E-state index in [0.717, 1.165) is 41.9 Å². The van der Waals surface area contributed by atoms with E-state index in [1.807, 2.05) is 37.3 Å². The van der Waals surface area contributed by atoms with Gasteiger partial charge in [-0.05, 0) is 42.5 Å². The number of aryl methyl sites for hydroxylation is 1. The minimum Gasteiger partial charge on any atom is -0.496 e. The molecule has 0 aliphatic heterocycles. The van der Waals surface area contributed by atoms with Gasteiger partial charge in [0.1, 0.15) is 23.2 Å². The number of para-hydroxylation sites is 2. The SMILES string of the molecule is COc1ccccc1CCNc1cc(Nc2ccccc2C(C)C)nc(C)n1. The minimum atomic E-state index is 0.435. The molecule has 0 fully saturated rings. The van der Waals surface area contributed by atoms with Gasteiger partial charge in [-0.3, -0.25) is 0 Å². The quantitative estimate of drug-likeness (QED) is 0.557. The minimum absolute atomic E-state index is 0.435. The van der Waals surface area contributed by atoms with Gasteiger partial charge in [-0.15, -0.1) is 0 Å². The molecule has 1 aromatic heterocycles. The average Bonchev–Trinajstić information content (AvgIpc) is 2.68. The highest BCUT2D eigenvalue weighted by molar-refractivity contribution is 5.63. The zero-order valence-corrected chi connectivity index (χ0v) is 17.0. The summed E-state index contributed by atoms with van der Waals surface area (Å²) in [7, 11) is 1.70. The number of methoxy groups -OCH3 is 1. The lowest BCUT2D eigenvalue weighted by molar-refractivity contribution is 0.410. The van der Waals surface area contributed by atoms with Crippen molar-refractivity contribution in [3.63, 3.8) is 0 Å². The number of hydrogen-bond donors (Lipinski definition) is 2. The Morgan fingerprint density at radius 3 is 2.46 bits per heavy atom. The van der Waals surface area contributed by atoms with Gasteiger partial charge in [-0.1, -0.05) is 50.2 Å². The van der Waals surface area contributed by atoms with E-state index in [-0.39, 0.29) is 0 Å². The Bertz CT molecular complexity index is 924. The van der Waals surface area contributed by atoms with Crippen LogP contribution in [0.25, 0.3) is 0 Å². The first-order valence-corrected chi connectivity index (χ1v) is 9.64. The Hall–Kier alpha value is -3.08. The van der Waals surface area contributed by atoms with Crippen LogP contribution in [-0.2, 0) is 6.42 Å². The van der Waals surface area contributed by atoms with Crippen molar-refractivity contribution in [3.8, 4) is 5.75 Å². The lowest BCUT2D eigenvalue weighted by Crippen LogP contribution is -2.09. The van der Waals surface area contributed by atoms with Crippen LogP contribution in [0.5, 0.6) is 5.75 Å². The van der Waals surface area contributed by atoms with Gasteiger partial charge in [0.2, 0.25) is 0 Å². The van der Waals surface area contributed by atoms with Crippen molar-refractivity contribution in [1.82, 2.24) is 9.97 Å². The summed E-state index contributed by atoms with van der Waals surface area (Å²) in [6.45, 7) is 7.05. The van der Waals surface area contributed by atoms with E-state index >= 15 is 0 Å². The van der Waals surface area contributed by atoms with Gasteiger partial charge in [0.05, 0.1) is 7.11 Å². The molecule has 0 aliphatic carbocycles. The number of nitrogens with one attached hydrogen (secondary N) is 2. The van der Waals surface area contributed by atoms with Gasteiger partial charge in [0, 0.05) is 18.3 Å². The predicted octanol–water partition coefficient (Wildman–Crippen LogP) is 5.32. The summed E-state index contributed by atoms with van der Waals surface area (Å²) < 4.78 is 5.42. The van der Waals surface area contributed by atoms with Gasteiger partial charge < -0.3 is 15.4 Å². The number of nitrogens with zero attached hydrogens (tertiary/aromatic N) is 2. The van der Waals surface area contributed by atoms with Crippen LogP contribution in [0.4, 0.5) is 17.3 Å². The molecule has 5 nitrogen and oxygen atoms in total. The Morgan fingerprint density at radius 2 is 1.68 bits per heavy atom. The molecule has 0 amide bonds. The van der Waals surface area contributed by atoms with Gasteiger partial charge in [-0.25, -0.2) is 9.97 Å². The van der Waals surface area contributed by atoms with E-state index in [4.69, 9.17) is 4.74 Å². The summed E-state index contributed by atoms with van der Waals surface area (Å²) in [5.41, 5.74) is 3.52. The summed E-state index contributed by atoms with van der Waals surface area (Å²) in [5, 5.41) is 6.85. The summed E-state index contributed by atoms with van der Waals surface area (Å²) in [5.74, 6) is 3.68. The normalized spacial score (nSPS) is 10.8. The second kappa shape index (κ2) is 9.22. The smallest absolute Gasteiger partial charge is 0.136 e. The molecule has 0 aliphatic rings. The van der Waals surface area contributed by atoms with Gasteiger partial charge >= 0.3 is 0 Å². The second-order valence-corrected chi connectivity index (χ2v) is 7.04. The first-order valence-electron chi connectivity index (χ1n) is 9.64. The highest BCUT2D eigenvalue weighted by Gasteiger charge is 2.08. The Morgan fingerprint density at radius 1 is 0.964 bits per heavy atom. The summed E-state index contributed by atoms with van der Waals surface area (Å²) in [6, 6.07) is 18.4. The van der Waals surface area contributed by atoms with Gasteiger partial charge in [-0.2, -0.15) is 0 Å². The van der Waals surface area contributed by atoms with E-state index < -0.39 is 0 Å². The molecule has 0 bridgehead atoms. The number of hydrogen-bond acceptors (Lipinski definition) is 5. The van der Waals surface area contributed by atoms with E-state index in [0.29, 0.717) is 5.92 Å². The van der Waals surface area contributed by atoms with Crippen molar-refractivity contribution in [3.05, 3.63) is 71.5 Å². The van der Waals surface area contributed by atoms with Crippen LogP contribution >= 0.6 is 0 Å². The largest absolute Gasteiger partial charge is 0.496 e. The first-order chi connectivity index (χ1) is 13.6. The third-order valence-electron chi connectivity index (χ3n) is 4.58. The Labute approximate surface area is 167 Å². The molecular formula is C23H28N4O. The van der Waals surface area contributed by atoms with Crippen LogP contribution in [0.2, 0.25) is 0 Å². The summed E-state index contributed by atoms with van der Waals surface area (Å²) in [4.78, 5) is 9.05. The molecule has 0 radical (unpaired) electrons. The molecule has 0 saturated heterocycles. The lowest BCUT2D eigenvalue weighted by atomic mass is 10.0. The van der Waals surface area contributed by atoms with Gasteiger partial charge in [0.25, 0.3) is 0 Å². The molecular weight excluding hydrogens is 348 g/mol. The van der Waals surface area contributed by atoms with Crippen LogP contribution in [0.3, 0.4) is 0 Å². The van der Waals surface area contributed by atoms with E-state index in [1.165, 1.54) is 11.1 Å². The van der Waals surface area contributed by atoms with Crippen LogP contribution in [0, 0.1) is 6.92 Å². The molecule has 2 aromatic carbocycles. The highest BCUT2D eigenvalue weighted by Crippen LogP contribution is 2.27. The Kier molecular flexibility index (Phi) is 6.48. The molecule has 3 aromatic rings. The average molecular weight is 377 g/mol. The highest BCUT2D eigenvalue weighted by atomic mass is 16.5. The van der Waals surface area contributed by atoms with Crippen molar-refractivity contribution in [2.24, 2.45) is 0 Å². The van der Waals surface area contributed by atoms with Crippen LogP contribution in [-0.4, -0.2) is 23.6 Å². The number of rotatable bonds is 8. The van der Waals surface area contributed by atoms with Crippen molar-refractivity contribution in [2.75, 3.05) is 24.3 Å². The Balaban J connectivity index is 1.70. The van der Waals surface area contributed by atoms with Crippen LogP contribution < -0.4 is 15.4 Å². The molecule has 0 saturated carbocycles. The predicted molar refractivity (Wildman–Crippen MR) is 116 cm³/mol. The van der Waals surface area contributed by atoms with Crippen molar-refractivity contribution >= 4 is 17.3 Å². The summed E-state index contributed by atoms with van der Waals surface area (Å²) >= 11 is 0. The summed E-state index contributed by atoms with van der Waals surface area (Å²) in [6.07, 6.45) is 0.853. The van der Waals surface area contributed by atoms with Crippen molar-refractivity contribution in [2.45, 2.75) is 33.1 Å². The molecule has 0 unspecified atom stereocenters. The number of anilines is 3. The number of ether oxygens (including phenoxy) is 1. The second-order valence-electron chi connectivity index (χ2n) is 7.04. The molecule has 3 rings (SSSR count). The molecule has 1 heterocycles.